The molecule has 0 aliphatic carbocycles. The van der Waals surface area contributed by atoms with Crippen molar-refractivity contribution in [1.29, 1.82) is 0 Å². The van der Waals surface area contributed by atoms with Crippen LogP contribution in [0.2, 0.25) is 5.02 Å². The minimum atomic E-state index is -0.487. The fraction of sp³-hybridized carbons (Fsp3) is 0.447. The van der Waals surface area contributed by atoms with Gasteiger partial charge in [0.05, 0.1) is 69.0 Å². The molecule has 0 radical (unpaired) electrons. The van der Waals surface area contributed by atoms with E-state index in [-0.39, 0.29) is 34.4 Å². The average Bonchev–Trinajstić information content (AvgIpc) is 3.69. The maximum absolute atomic E-state index is 15.8. The molecule has 2 fully saturated rings. The summed E-state index contributed by atoms with van der Waals surface area (Å²) in [5.41, 5.74) is 4.30. The lowest BCUT2D eigenvalue weighted by Gasteiger charge is -2.40. The number of quaternary nitrogens is 1. The third kappa shape index (κ3) is 7.48. The van der Waals surface area contributed by atoms with E-state index in [4.69, 9.17) is 16.3 Å². The molecular formula is C38H47ClFN8O4+. The molecule has 0 saturated carbocycles. The molecule has 1 N–H and O–H groups in total. The van der Waals surface area contributed by atoms with Crippen LogP contribution in [0.25, 0.3) is 22.4 Å². The first-order chi connectivity index (χ1) is 24.8. The van der Waals surface area contributed by atoms with Crippen LogP contribution in [0.15, 0.2) is 42.7 Å². The van der Waals surface area contributed by atoms with Crippen LogP contribution in [0.4, 0.5) is 10.1 Å². The van der Waals surface area contributed by atoms with Crippen molar-refractivity contribution >= 4 is 35.0 Å². The molecule has 12 nitrogen and oxygen atoms in total. The van der Waals surface area contributed by atoms with Gasteiger partial charge in [-0.25, -0.2) is 9.37 Å². The molecule has 0 bridgehead atoms. The SMILES string of the molecule is COCCn1ncc(-c2ccc(-c3cnc(C(=O)Nc4ccc(C(=O)N5CCN(C(=O)C6CC[N+](C)(C)CC6)CC5)c(Cl)c4)n3C)c(C)c2F)c1C. The summed E-state index contributed by atoms with van der Waals surface area (Å²) in [7, 11) is 7.72. The van der Waals surface area contributed by atoms with Gasteiger partial charge in [0.2, 0.25) is 5.91 Å². The van der Waals surface area contributed by atoms with Gasteiger partial charge in [-0.2, -0.15) is 5.10 Å². The molecular weight excluding hydrogens is 687 g/mol. The van der Waals surface area contributed by atoms with E-state index in [9.17, 15) is 14.4 Å². The molecule has 2 aromatic heterocycles. The van der Waals surface area contributed by atoms with Crippen molar-refractivity contribution in [2.24, 2.45) is 13.0 Å². The molecule has 2 aromatic carbocycles. The average molecular weight is 734 g/mol. The molecule has 52 heavy (non-hydrogen) atoms. The molecule has 2 saturated heterocycles. The molecule has 2 aliphatic rings. The predicted molar refractivity (Wildman–Crippen MR) is 198 cm³/mol. The highest BCUT2D eigenvalue weighted by molar-refractivity contribution is 6.34. The molecule has 276 valence electrons. The minimum Gasteiger partial charge on any atom is -0.383 e. The highest BCUT2D eigenvalue weighted by Gasteiger charge is 2.35. The number of methoxy groups -OCH3 is 1. The first-order valence-electron chi connectivity index (χ1n) is 17.6. The number of rotatable bonds is 9. The lowest BCUT2D eigenvalue weighted by Crippen LogP contribution is -2.54. The Bertz CT molecular complexity index is 1990. The van der Waals surface area contributed by atoms with E-state index < -0.39 is 5.91 Å². The van der Waals surface area contributed by atoms with Crippen molar-refractivity contribution < 1.29 is 28.0 Å². The van der Waals surface area contributed by atoms with E-state index in [1.54, 1.807) is 65.8 Å². The Labute approximate surface area is 308 Å². The summed E-state index contributed by atoms with van der Waals surface area (Å²) in [6.07, 6.45) is 4.99. The van der Waals surface area contributed by atoms with Crippen molar-refractivity contribution in [3.63, 3.8) is 0 Å². The van der Waals surface area contributed by atoms with E-state index in [0.717, 1.165) is 36.1 Å². The zero-order valence-electron chi connectivity index (χ0n) is 30.7. The second-order valence-electron chi connectivity index (χ2n) is 14.4. The van der Waals surface area contributed by atoms with Crippen molar-refractivity contribution in [1.82, 2.24) is 29.1 Å². The lowest BCUT2D eigenvalue weighted by atomic mass is 9.94. The Morgan fingerprint density at radius 3 is 2.33 bits per heavy atom. The van der Waals surface area contributed by atoms with Gasteiger partial charge in [-0.05, 0) is 37.6 Å². The second-order valence-corrected chi connectivity index (χ2v) is 14.8. The number of aromatic nitrogens is 4. The maximum Gasteiger partial charge on any atom is 0.291 e. The number of benzene rings is 2. The van der Waals surface area contributed by atoms with Crippen LogP contribution in [-0.4, -0.2) is 118 Å². The fourth-order valence-electron chi connectivity index (χ4n) is 7.18. The fourth-order valence-corrected chi connectivity index (χ4v) is 7.44. The number of hydrogen-bond acceptors (Lipinski definition) is 6. The Morgan fingerprint density at radius 2 is 1.65 bits per heavy atom. The smallest absolute Gasteiger partial charge is 0.291 e. The van der Waals surface area contributed by atoms with Crippen LogP contribution in [-0.2, 0) is 23.1 Å². The number of nitrogens with zero attached hydrogens (tertiary/aromatic N) is 7. The number of carbonyl (C=O) groups excluding carboxylic acids is 3. The number of amides is 3. The first-order valence-corrected chi connectivity index (χ1v) is 18.0. The molecule has 4 heterocycles. The number of nitrogens with one attached hydrogen (secondary N) is 1. The standard InChI is InChI=1S/C38H46ClFN8O4/c1-24-28(9-10-29(34(24)40)31-22-42-47(25(31)2)17-20-52-6)33-23-41-35(44(33)3)36(49)43-27-7-8-30(32(39)21-27)38(51)46-15-13-45(14-16-46)37(50)26-11-18-48(4,5)19-12-26/h7-10,21-23,26H,11-20H2,1-6H3/p+1. The monoisotopic (exact) mass is 733 g/mol. The third-order valence-corrected chi connectivity index (χ3v) is 10.9. The minimum absolute atomic E-state index is 0.0556. The maximum atomic E-state index is 15.8. The van der Waals surface area contributed by atoms with Gasteiger partial charge in [0, 0.05) is 87.2 Å². The van der Waals surface area contributed by atoms with Crippen LogP contribution in [0.5, 0.6) is 0 Å². The van der Waals surface area contributed by atoms with Gasteiger partial charge in [0.25, 0.3) is 11.8 Å². The molecule has 6 rings (SSSR count). The number of hydrogen-bond donors (Lipinski definition) is 1. The Kier molecular flexibility index (Phi) is 10.8. The summed E-state index contributed by atoms with van der Waals surface area (Å²) in [5.74, 6) is -0.711. The van der Waals surface area contributed by atoms with Crippen LogP contribution < -0.4 is 5.32 Å². The number of likely N-dealkylation sites (tertiary alicyclic amines) is 1. The van der Waals surface area contributed by atoms with Gasteiger partial charge in [-0.3, -0.25) is 19.1 Å². The summed E-state index contributed by atoms with van der Waals surface area (Å²) >= 11 is 6.58. The first kappa shape index (κ1) is 37.2. The van der Waals surface area contributed by atoms with E-state index in [1.807, 2.05) is 17.9 Å². The molecule has 4 aromatic rings. The summed E-state index contributed by atoms with van der Waals surface area (Å²) < 4.78 is 25.3. The Hall–Kier alpha value is -4.59. The van der Waals surface area contributed by atoms with Crippen molar-refractivity contribution in [2.75, 3.05) is 72.4 Å². The van der Waals surface area contributed by atoms with Gasteiger partial charge < -0.3 is 28.9 Å². The van der Waals surface area contributed by atoms with Crippen LogP contribution >= 0.6 is 11.6 Å². The number of ether oxygens (including phenoxy) is 1. The van der Waals surface area contributed by atoms with E-state index in [0.29, 0.717) is 78.5 Å². The van der Waals surface area contributed by atoms with Gasteiger partial charge in [0.1, 0.15) is 5.82 Å². The second kappa shape index (κ2) is 15.2. The zero-order chi connectivity index (χ0) is 37.3. The van der Waals surface area contributed by atoms with Gasteiger partial charge in [-0.15, -0.1) is 0 Å². The van der Waals surface area contributed by atoms with Crippen molar-refractivity contribution in [3.8, 4) is 22.4 Å². The Balaban J connectivity index is 1.09. The number of imidazole rings is 1. The number of halogens is 2. The topological polar surface area (TPSA) is 115 Å². The molecule has 0 atom stereocenters. The van der Waals surface area contributed by atoms with E-state index >= 15 is 4.39 Å². The van der Waals surface area contributed by atoms with Gasteiger partial charge in [-0.1, -0.05) is 23.7 Å². The number of carbonyl (C=O) groups is 3. The number of anilines is 1. The number of piperidine rings is 1. The largest absolute Gasteiger partial charge is 0.383 e. The predicted octanol–water partition coefficient (Wildman–Crippen LogP) is 5.03. The van der Waals surface area contributed by atoms with E-state index in [2.05, 4.69) is 29.5 Å². The molecule has 0 spiro atoms. The third-order valence-electron chi connectivity index (χ3n) is 10.6. The summed E-state index contributed by atoms with van der Waals surface area (Å²) in [5, 5.41) is 7.41. The molecule has 14 heteroatoms. The highest BCUT2D eigenvalue weighted by Crippen LogP contribution is 2.34. The summed E-state index contributed by atoms with van der Waals surface area (Å²) in [6.45, 7) is 8.50. The van der Waals surface area contributed by atoms with Crippen LogP contribution in [0.3, 0.4) is 0 Å². The summed E-state index contributed by atoms with van der Waals surface area (Å²) in [4.78, 5) is 47.9. The molecule has 0 unspecified atom stereocenters. The van der Waals surface area contributed by atoms with Crippen LogP contribution in [0.1, 0.15) is 45.1 Å². The van der Waals surface area contributed by atoms with Gasteiger partial charge >= 0.3 is 0 Å². The lowest BCUT2D eigenvalue weighted by molar-refractivity contribution is -0.895. The normalized spacial score (nSPS) is 16.3. The molecule has 2 aliphatic heterocycles. The van der Waals surface area contributed by atoms with Crippen LogP contribution in [0, 0.1) is 25.6 Å². The molecule has 3 amide bonds. The quantitative estimate of drug-likeness (QED) is 0.242. The van der Waals surface area contributed by atoms with E-state index in [1.165, 1.54) is 6.07 Å². The van der Waals surface area contributed by atoms with Gasteiger partial charge in [0.15, 0.2) is 5.82 Å². The summed E-state index contributed by atoms with van der Waals surface area (Å²) in [6, 6.07) is 8.30. The Morgan fingerprint density at radius 1 is 0.981 bits per heavy atom. The highest BCUT2D eigenvalue weighted by atomic mass is 35.5. The zero-order valence-corrected chi connectivity index (χ0v) is 31.5. The van der Waals surface area contributed by atoms with Crippen molar-refractivity contribution in [3.05, 3.63) is 76.2 Å². The van der Waals surface area contributed by atoms with Crippen molar-refractivity contribution in [2.45, 2.75) is 33.2 Å². The number of piperazine rings is 1.